The molecule has 0 unspecified atom stereocenters. The summed E-state index contributed by atoms with van der Waals surface area (Å²) in [6, 6.07) is 29.6. The highest BCUT2D eigenvalue weighted by Crippen LogP contribution is 2.27. The summed E-state index contributed by atoms with van der Waals surface area (Å²) < 4.78 is 30.1. The lowest BCUT2D eigenvalue weighted by Gasteiger charge is -2.33. The first kappa shape index (κ1) is 31.0. The Morgan fingerprint density at radius 2 is 1.38 bits per heavy atom. The van der Waals surface area contributed by atoms with Crippen molar-refractivity contribution >= 4 is 43.5 Å². The molecular formula is C33H34BrN3O4S. The number of likely N-dealkylation sites (N-methyl/N-ethyl adjacent to an activating group) is 1. The SMILES string of the molecule is CNC(=O)[C@H](Cc1ccccc1)N(Cc1ccc(Br)cc1)C(=O)CN(c1cc(C)cc(C)c1)S(=O)(=O)c1ccccc1. The molecule has 1 atom stereocenters. The number of nitrogens with one attached hydrogen (secondary N) is 1. The maximum absolute atomic E-state index is 14.3. The van der Waals surface area contributed by atoms with Crippen LogP contribution in [0.4, 0.5) is 5.69 Å². The van der Waals surface area contributed by atoms with Gasteiger partial charge in [0.1, 0.15) is 12.6 Å². The summed E-state index contributed by atoms with van der Waals surface area (Å²) in [5.41, 5.74) is 3.79. The molecule has 0 aliphatic rings. The smallest absolute Gasteiger partial charge is 0.264 e. The number of aryl methyl sites for hydroxylation is 2. The van der Waals surface area contributed by atoms with Gasteiger partial charge >= 0.3 is 0 Å². The Kier molecular flexibility index (Phi) is 10.2. The van der Waals surface area contributed by atoms with E-state index < -0.39 is 28.5 Å². The molecular weight excluding hydrogens is 614 g/mol. The highest BCUT2D eigenvalue weighted by atomic mass is 79.9. The van der Waals surface area contributed by atoms with Gasteiger partial charge in [-0.05, 0) is 72.5 Å². The van der Waals surface area contributed by atoms with Gasteiger partial charge in [-0.2, -0.15) is 0 Å². The van der Waals surface area contributed by atoms with Crippen molar-refractivity contribution in [2.24, 2.45) is 0 Å². The summed E-state index contributed by atoms with van der Waals surface area (Å²) in [5.74, 6) is -0.839. The summed E-state index contributed by atoms with van der Waals surface area (Å²) in [7, 11) is -2.59. The standard InChI is InChI=1S/C33H34BrN3O4S/c1-24-18-25(2)20-29(19-24)37(42(40,41)30-12-8-5-9-13-30)23-32(38)36(22-27-14-16-28(34)17-15-27)31(33(39)35-3)21-26-10-6-4-7-11-26/h4-20,31H,21-23H2,1-3H3,(H,35,39)/t31-/m0/s1. The number of amides is 2. The van der Waals surface area contributed by atoms with Crippen LogP contribution in [0.2, 0.25) is 0 Å². The lowest BCUT2D eigenvalue weighted by atomic mass is 10.0. The van der Waals surface area contributed by atoms with Gasteiger partial charge in [-0.3, -0.25) is 13.9 Å². The number of sulfonamides is 1. The Hall–Kier alpha value is -3.95. The van der Waals surface area contributed by atoms with Gasteiger partial charge in [0.25, 0.3) is 10.0 Å². The molecule has 0 saturated heterocycles. The van der Waals surface area contributed by atoms with Gasteiger partial charge in [0.2, 0.25) is 11.8 Å². The van der Waals surface area contributed by atoms with Crippen LogP contribution in [0.1, 0.15) is 22.3 Å². The largest absolute Gasteiger partial charge is 0.357 e. The molecule has 0 saturated carbocycles. The number of rotatable bonds is 11. The molecule has 0 heterocycles. The molecule has 1 N–H and O–H groups in total. The van der Waals surface area contributed by atoms with Gasteiger partial charge in [0, 0.05) is 24.5 Å². The van der Waals surface area contributed by atoms with Crippen molar-refractivity contribution in [2.45, 2.75) is 37.8 Å². The van der Waals surface area contributed by atoms with Crippen LogP contribution in [-0.4, -0.2) is 44.8 Å². The molecule has 4 aromatic rings. The normalized spacial score (nSPS) is 11.9. The fraction of sp³-hybridized carbons (Fsp3) is 0.212. The maximum atomic E-state index is 14.3. The lowest BCUT2D eigenvalue weighted by Crippen LogP contribution is -2.53. The zero-order valence-electron chi connectivity index (χ0n) is 23.8. The van der Waals surface area contributed by atoms with Crippen LogP contribution in [-0.2, 0) is 32.6 Å². The number of hydrogen-bond donors (Lipinski definition) is 1. The second-order valence-electron chi connectivity index (χ2n) is 10.1. The van der Waals surface area contributed by atoms with Crippen molar-refractivity contribution in [1.82, 2.24) is 10.2 Å². The second kappa shape index (κ2) is 13.8. The van der Waals surface area contributed by atoms with E-state index in [9.17, 15) is 18.0 Å². The quantitative estimate of drug-likeness (QED) is 0.228. The third-order valence-corrected chi connectivity index (χ3v) is 9.20. The van der Waals surface area contributed by atoms with E-state index in [4.69, 9.17) is 0 Å². The van der Waals surface area contributed by atoms with Crippen molar-refractivity contribution < 1.29 is 18.0 Å². The average Bonchev–Trinajstić information content (AvgIpc) is 2.98. The zero-order chi connectivity index (χ0) is 30.3. The molecule has 0 spiro atoms. The average molecular weight is 649 g/mol. The summed E-state index contributed by atoms with van der Waals surface area (Å²) in [6.07, 6.45) is 0.262. The molecule has 4 aromatic carbocycles. The van der Waals surface area contributed by atoms with Crippen molar-refractivity contribution in [3.8, 4) is 0 Å². The van der Waals surface area contributed by atoms with Gasteiger partial charge in [-0.25, -0.2) is 8.42 Å². The predicted octanol–water partition coefficient (Wildman–Crippen LogP) is 5.65. The molecule has 4 rings (SSSR count). The highest BCUT2D eigenvalue weighted by Gasteiger charge is 2.34. The van der Waals surface area contributed by atoms with Crippen LogP contribution in [0, 0.1) is 13.8 Å². The zero-order valence-corrected chi connectivity index (χ0v) is 26.2. The van der Waals surface area contributed by atoms with Gasteiger partial charge in [-0.15, -0.1) is 0 Å². The third kappa shape index (κ3) is 7.66. The fourth-order valence-corrected chi connectivity index (χ4v) is 6.53. The van der Waals surface area contributed by atoms with E-state index in [1.807, 2.05) is 74.5 Å². The molecule has 42 heavy (non-hydrogen) atoms. The molecule has 0 radical (unpaired) electrons. The minimum Gasteiger partial charge on any atom is -0.357 e. The van der Waals surface area contributed by atoms with E-state index in [0.29, 0.717) is 5.69 Å². The molecule has 0 bridgehead atoms. The summed E-state index contributed by atoms with van der Waals surface area (Å²) in [6.45, 7) is 3.39. The van der Waals surface area contributed by atoms with Crippen molar-refractivity contribution in [1.29, 1.82) is 0 Å². The number of halogens is 1. The van der Waals surface area contributed by atoms with Crippen LogP contribution in [0.15, 0.2) is 112 Å². The summed E-state index contributed by atoms with van der Waals surface area (Å²) >= 11 is 3.44. The van der Waals surface area contributed by atoms with Crippen LogP contribution in [0.25, 0.3) is 0 Å². The number of carbonyl (C=O) groups is 2. The molecule has 9 heteroatoms. The van der Waals surface area contributed by atoms with Gasteiger partial charge in [-0.1, -0.05) is 82.7 Å². The van der Waals surface area contributed by atoms with Gasteiger partial charge in [0.15, 0.2) is 0 Å². The Morgan fingerprint density at radius 3 is 1.95 bits per heavy atom. The summed E-state index contributed by atoms with van der Waals surface area (Å²) in [4.78, 5) is 29.2. The van der Waals surface area contributed by atoms with Gasteiger partial charge in [0.05, 0.1) is 10.6 Å². The minimum absolute atomic E-state index is 0.0727. The van der Waals surface area contributed by atoms with Crippen molar-refractivity contribution in [2.75, 3.05) is 17.9 Å². The molecule has 0 fully saturated rings. The van der Waals surface area contributed by atoms with Crippen molar-refractivity contribution in [3.05, 3.63) is 130 Å². The topological polar surface area (TPSA) is 86.8 Å². The van der Waals surface area contributed by atoms with Crippen LogP contribution in [0.3, 0.4) is 0 Å². The number of carbonyl (C=O) groups excluding carboxylic acids is 2. The van der Waals surface area contributed by atoms with E-state index in [2.05, 4.69) is 21.2 Å². The number of nitrogens with zero attached hydrogens (tertiary/aromatic N) is 2. The minimum atomic E-state index is -4.13. The van der Waals surface area contributed by atoms with Crippen LogP contribution >= 0.6 is 15.9 Å². The van der Waals surface area contributed by atoms with E-state index in [1.54, 1.807) is 30.3 Å². The Labute approximate surface area is 256 Å². The van der Waals surface area contributed by atoms with E-state index in [0.717, 1.165) is 31.0 Å². The molecule has 0 aliphatic heterocycles. The fourth-order valence-electron chi connectivity index (χ4n) is 4.85. The molecule has 0 aromatic heterocycles. The number of benzene rings is 4. The molecule has 0 aliphatic carbocycles. The van der Waals surface area contributed by atoms with Crippen molar-refractivity contribution in [3.63, 3.8) is 0 Å². The predicted molar refractivity (Wildman–Crippen MR) is 170 cm³/mol. The second-order valence-corrected chi connectivity index (χ2v) is 12.9. The van der Waals surface area contributed by atoms with E-state index >= 15 is 0 Å². The van der Waals surface area contributed by atoms with Crippen LogP contribution in [0.5, 0.6) is 0 Å². The first-order valence-corrected chi connectivity index (χ1v) is 15.8. The molecule has 2 amide bonds. The number of hydrogen-bond acceptors (Lipinski definition) is 4. The Morgan fingerprint density at radius 1 is 0.810 bits per heavy atom. The lowest BCUT2D eigenvalue weighted by molar-refractivity contribution is -0.139. The van der Waals surface area contributed by atoms with E-state index in [1.165, 1.54) is 24.1 Å². The number of anilines is 1. The van der Waals surface area contributed by atoms with Crippen LogP contribution < -0.4 is 9.62 Å². The highest BCUT2D eigenvalue weighted by molar-refractivity contribution is 9.10. The first-order chi connectivity index (χ1) is 20.1. The monoisotopic (exact) mass is 647 g/mol. The molecule has 218 valence electrons. The molecule has 7 nitrogen and oxygen atoms in total. The van der Waals surface area contributed by atoms with Gasteiger partial charge < -0.3 is 10.2 Å². The van der Waals surface area contributed by atoms with E-state index in [-0.39, 0.29) is 23.8 Å². The third-order valence-electron chi connectivity index (χ3n) is 6.89. The first-order valence-electron chi connectivity index (χ1n) is 13.5. The Balaban J connectivity index is 1.80. The Bertz CT molecular complexity index is 1610. The maximum Gasteiger partial charge on any atom is 0.264 e. The summed E-state index contributed by atoms with van der Waals surface area (Å²) in [5, 5.41) is 2.70.